The summed E-state index contributed by atoms with van der Waals surface area (Å²) in [5.41, 5.74) is 5.92. The molecule has 1 N–H and O–H groups in total. The van der Waals surface area contributed by atoms with Crippen LogP contribution in [0.5, 0.6) is 0 Å². The van der Waals surface area contributed by atoms with Gasteiger partial charge in [0.15, 0.2) is 0 Å². The Hall–Kier alpha value is -1.83. The molecule has 0 atom stereocenters. The molecule has 2 aromatic rings. The zero-order chi connectivity index (χ0) is 13.2. The lowest BCUT2D eigenvalue weighted by molar-refractivity contribution is 0.624. The van der Waals surface area contributed by atoms with Gasteiger partial charge in [0.25, 0.3) is 0 Å². The summed E-state index contributed by atoms with van der Waals surface area (Å²) < 4.78 is 13.4. The maximum Gasteiger partial charge on any atom is 0.123 e. The molecule has 19 heavy (non-hydrogen) atoms. The second-order valence-electron chi connectivity index (χ2n) is 5.34. The highest BCUT2D eigenvalue weighted by Crippen LogP contribution is 2.24. The summed E-state index contributed by atoms with van der Waals surface area (Å²) in [5.74, 6) is -0.144. The molecular formula is C17H18FN. The van der Waals surface area contributed by atoms with E-state index in [0.717, 1.165) is 30.5 Å². The Morgan fingerprint density at radius 2 is 2.00 bits per heavy atom. The molecule has 0 amide bonds. The molecule has 98 valence electrons. The highest BCUT2D eigenvalue weighted by Gasteiger charge is 2.09. The number of rotatable bonds is 2. The van der Waals surface area contributed by atoms with Crippen molar-refractivity contribution in [3.05, 3.63) is 64.5 Å². The van der Waals surface area contributed by atoms with Gasteiger partial charge in [-0.1, -0.05) is 18.2 Å². The van der Waals surface area contributed by atoms with E-state index in [2.05, 4.69) is 29.6 Å². The summed E-state index contributed by atoms with van der Waals surface area (Å²) in [6, 6.07) is 11.8. The van der Waals surface area contributed by atoms with Gasteiger partial charge in [-0.15, -0.1) is 0 Å². The molecular weight excluding hydrogens is 237 g/mol. The molecule has 0 saturated carbocycles. The van der Waals surface area contributed by atoms with E-state index in [-0.39, 0.29) is 5.82 Å². The minimum absolute atomic E-state index is 0.144. The predicted octanol–water partition coefficient (Wildman–Crippen LogP) is 4.08. The summed E-state index contributed by atoms with van der Waals surface area (Å²) >= 11 is 0. The van der Waals surface area contributed by atoms with Crippen molar-refractivity contribution in [3.8, 4) is 0 Å². The first-order chi connectivity index (χ1) is 9.20. The Morgan fingerprint density at radius 1 is 1.11 bits per heavy atom. The number of hydrogen-bond acceptors (Lipinski definition) is 1. The third-order valence-electron chi connectivity index (χ3n) is 3.62. The van der Waals surface area contributed by atoms with Gasteiger partial charge >= 0.3 is 0 Å². The molecule has 0 aromatic heterocycles. The van der Waals surface area contributed by atoms with Crippen molar-refractivity contribution in [2.45, 2.75) is 26.2 Å². The van der Waals surface area contributed by atoms with E-state index in [1.165, 1.54) is 23.2 Å². The first-order valence-corrected chi connectivity index (χ1v) is 6.82. The summed E-state index contributed by atoms with van der Waals surface area (Å²) in [6.45, 7) is 3.00. The second kappa shape index (κ2) is 5.04. The van der Waals surface area contributed by atoms with E-state index in [0.29, 0.717) is 0 Å². The van der Waals surface area contributed by atoms with Gasteiger partial charge in [0.05, 0.1) is 0 Å². The molecule has 1 aliphatic heterocycles. The summed E-state index contributed by atoms with van der Waals surface area (Å²) in [6.07, 6.45) is 3.12. The number of hydrogen-bond donors (Lipinski definition) is 1. The third-order valence-corrected chi connectivity index (χ3v) is 3.62. The fourth-order valence-electron chi connectivity index (χ4n) is 2.79. The van der Waals surface area contributed by atoms with E-state index in [1.54, 1.807) is 12.1 Å². The van der Waals surface area contributed by atoms with Crippen molar-refractivity contribution >= 4 is 5.69 Å². The SMILES string of the molecule is Cc1cc(F)cc(Cc2ccc3c(c2)CCCN3)c1. The van der Waals surface area contributed by atoms with Crippen LogP contribution in [-0.4, -0.2) is 6.54 Å². The van der Waals surface area contributed by atoms with Gasteiger partial charge in [-0.05, 0) is 66.6 Å². The zero-order valence-electron chi connectivity index (χ0n) is 11.2. The van der Waals surface area contributed by atoms with Crippen LogP contribution in [0, 0.1) is 12.7 Å². The topological polar surface area (TPSA) is 12.0 Å². The standard InChI is InChI=1S/C17H18FN/c1-12-7-14(11-16(18)8-12)9-13-4-5-17-15(10-13)3-2-6-19-17/h4-5,7-8,10-11,19H,2-3,6,9H2,1H3. The molecule has 0 spiro atoms. The van der Waals surface area contributed by atoms with Crippen molar-refractivity contribution in [2.75, 3.05) is 11.9 Å². The van der Waals surface area contributed by atoms with Crippen molar-refractivity contribution < 1.29 is 4.39 Å². The molecule has 0 unspecified atom stereocenters. The van der Waals surface area contributed by atoms with Crippen molar-refractivity contribution in [1.82, 2.24) is 0 Å². The van der Waals surface area contributed by atoms with Gasteiger partial charge in [-0.25, -0.2) is 4.39 Å². The lowest BCUT2D eigenvalue weighted by Crippen LogP contribution is -2.11. The summed E-state index contributed by atoms with van der Waals surface area (Å²) in [7, 11) is 0. The van der Waals surface area contributed by atoms with Crippen LogP contribution >= 0.6 is 0 Å². The maximum atomic E-state index is 13.4. The second-order valence-corrected chi connectivity index (χ2v) is 5.34. The fourth-order valence-corrected chi connectivity index (χ4v) is 2.79. The molecule has 0 radical (unpaired) electrons. The van der Waals surface area contributed by atoms with E-state index < -0.39 is 0 Å². The van der Waals surface area contributed by atoms with Gasteiger partial charge in [0.2, 0.25) is 0 Å². The lowest BCUT2D eigenvalue weighted by atomic mass is 9.97. The number of halogens is 1. The molecule has 1 heterocycles. The smallest absolute Gasteiger partial charge is 0.123 e. The number of aryl methyl sites for hydroxylation is 2. The predicted molar refractivity (Wildman–Crippen MR) is 77.2 cm³/mol. The normalized spacial score (nSPS) is 13.8. The van der Waals surface area contributed by atoms with Crippen LogP contribution in [0.15, 0.2) is 36.4 Å². The van der Waals surface area contributed by atoms with Crippen molar-refractivity contribution in [1.29, 1.82) is 0 Å². The van der Waals surface area contributed by atoms with Gasteiger partial charge in [0, 0.05) is 12.2 Å². The summed E-state index contributed by atoms with van der Waals surface area (Å²) in [5, 5.41) is 3.41. The molecule has 2 aromatic carbocycles. The molecule has 0 bridgehead atoms. The maximum absolute atomic E-state index is 13.4. The molecule has 3 rings (SSSR count). The lowest BCUT2D eigenvalue weighted by Gasteiger charge is -2.18. The zero-order valence-corrected chi connectivity index (χ0v) is 11.2. The quantitative estimate of drug-likeness (QED) is 0.852. The first kappa shape index (κ1) is 12.2. The largest absolute Gasteiger partial charge is 0.385 e. The van der Waals surface area contributed by atoms with Crippen LogP contribution in [-0.2, 0) is 12.8 Å². The van der Waals surface area contributed by atoms with Gasteiger partial charge < -0.3 is 5.32 Å². The Morgan fingerprint density at radius 3 is 2.84 bits per heavy atom. The third kappa shape index (κ3) is 2.78. The summed E-state index contributed by atoms with van der Waals surface area (Å²) in [4.78, 5) is 0. The number of fused-ring (bicyclic) bond motifs is 1. The molecule has 1 nitrogen and oxygen atoms in total. The van der Waals surface area contributed by atoms with E-state index in [4.69, 9.17) is 0 Å². The Bertz CT molecular complexity index is 584. The average Bonchev–Trinajstić information content (AvgIpc) is 2.37. The van der Waals surface area contributed by atoms with Crippen LogP contribution < -0.4 is 5.32 Å². The van der Waals surface area contributed by atoms with E-state index in [1.807, 2.05) is 6.92 Å². The fraction of sp³-hybridized carbons (Fsp3) is 0.294. The van der Waals surface area contributed by atoms with Crippen LogP contribution in [0.3, 0.4) is 0 Å². The first-order valence-electron chi connectivity index (χ1n) is 6.82. The Kier molecular flexibility index (Phi) is 3.24. The molecule has 0 saturated heterocycles. The minimum Gasteiger partial charge on any atom is -0.385 e. The number of anilines is 1. The van der Waals surface area contributed by atoms with Crippen molar-refractivity contribution in [2.24, 2.45) is 0 Å². The molecule has 0 aliphatic carbocycles. The number of nitrogens with one attached hydrogen (secondary N) is 1. The van der Waals surface area contributed by atoms with Crippen LogP contribution in [0.4, 0.5) is 10.1 Å². The van der Waals surface area contributed by atoms with Gasteiger partial charge in [-0.3, -0.25) is 0 Å². The average molecular weight is 255 g/mol. The molecule has 0 fully saturated rings. The molecule has 2 heteroatoms. The Balaban J connectivity index is 1.86. The van der Waals surface area contributed by atoms with Crippen LogP contribution in [0.1, 0.15) is 28.7 Å². The molecule has 1 aliphatic rings. The highest BCUT2D eigenvalue weighted by molar-refractivity contribution is 5.54. The van der Waals surface area contributed by atoms with Gasteiger partial charge in [-0.2, -0.15) is 0 Å². The van der Waals surface area contributed by atoms with Crippen LogP contribution in [0.2, 0.25) is 0 Å². The highest BCUT2D eigenvalue weighted by atomic mass is 19.1. The van der Waals surface area contributed by atoms with Gasteiger partial charge in [0.1, 0.15) is 5.82 Å². The van der Waals surface area contributed by atoms with Crippen LogP contribution in [0.25, 0.3) is 0 Å². The van der Waals surface area contributed by atoms with Crippen molar-refractivity contribution in [3.63, 3.8) is 0 Å². The monoisotopic (exact) mass is 255 g/mol. The minimum atomic E-state index is -0.144. The van der Waals surface area contributed by atoms with E-state index >= 15 is 0 Å². The van der Waals surface area contributed by atoms with E-state index in [9.17, 15) is 4.39 Å². The number of benzene rings is 2. The Labute approximate surface area is 113 Å².